The molecule has 0 bridgehead atoms. The molecule has 2 aliphatic rings. The number of hydrogen-bond donors (Lipinski definition) is 0. The molecule has 0 aromatic heterocycles. The number of benzene rings is 2. The molecule has 1 atom stereocenters. The standard InChI is InChI=1S/C18H18N2O4S/c1-25(22,23)20-12-17(24-16-9-5-4-8-15(16)20)18(21)19-11-10-13-6-2-3-7-14(13)19/h2-9,17H,10-12H2,1H3/t17-/m0/s1. The lowest BCUT2D eigenvalue weighted by Crippen LogP contribution is -2.51. The molecule has 7 heteroatoms. The summed E-state index contributed by atoms with van der Waals surface area (Å²) in [6.45, 7) is 0.561. The summed E-state index contributed by atoms with van der Waals surface area (Å²) >= 11 is 0. The predicted molar refractivity (Wildman–Crippen MR) is 95.5 cm³/mol. The first kappa shape index (κ1) is 16.0. The summed E-state index contributed by atoms with van der Waals surface area (Å²) in [6.07, 6.45) is 1.07. The first-order valence-corrected chi connectivity index (χ1v) is 9.92. The maximum atomic E-state index is 13.0. The van der Waals surface area contributed by atoms with Gasteiger partial charge in [0, 0.05) is 12.2 Å². The molecule has 130 valence electrons. The van der Waals surface area contributed by atoms with Crippen molar-refractivity contribution in [2.45, 2.75) is 12.5 Å². The van der Waals surface area contributed by atoms with Crippen LogP contribution in [0.5, 0.6) is 5.75 Å². The number of carbonyl (C=O) groups is 1. The molecule has 1 amide bonds. The van der Waals surface area contributed by atoms with E-state index in [2.05, 4.69) is 0 Å². The summed E-state index contributed by atoms with van der Waals surface area (Å²) in [4.78, 5) is 14.7. The maximum absolute atomic E-state index is 13.0. The molecule has 2 heterocycles. The Kier molecular flexibility index (Phi) is 3.68. The Morgan fingerprint density at radius 1 is 1.08 bits per heavy atom. The first-order chi connectivity index (χ1) is 11.9. The minimum Gasteiger partial charge on any atom is -0.476 e. The van der Waals surface area contributed by atoms with Crippen molar-refractivity contribution in [3.8, 4) is 5.75 Å². The Balaban J connectivity index is 1.67. The zero-order valence-electron chi connectivity index (χ0n) is 13.8. The van der Waals surface area contributed by atoms with Crippen molar-refractivity contribution in [3.05, 3.63) is 54.1 Å². The van der Waals surface area contributed by atoms with Gasteiger partial charge in [0.15, 0.2) is 6.10 Å². The molecule has 6 nitrogen and oxygen atoms in total. The van der Waals surface area contributed by atoms with E-state index in [1.807, 2.05) is 24.3 Å². The van der Waals surface area contributed by atoms with E-state index in [0.717, 1.165) is 23.9 Å². The van der Waals surface area contributed by atoms with Crippen LogP contribution in [0, 0.1) is 0 Å². The van der Waals surface area contributed by atoms with Crippen molar-refractivity contribution in [1.29, 1.82) is 0 Å². The summed E-state index contributed by atoms with van der Waals surface area (Å²) in [5.41, 5.74) is 2.46. The predicted octanol–water partition coefficient (Wildman–Crippen LogP) is 1.80. The highest BCUT2D eigenvalue weighted by Crippen LogP contribution is 2.36. The smallest absolute Gasteiger partial charge is 0.269 e. The number of amides is 1. The fourth-order valence-electron chi connectivity index (χ4n) is 3.39. The Morgan fingerprint density at radius 2 is 1.76 bits per heavy atom. The Morgan fingerprint density at radius 3 is 2.52 bits per heavy atom. The molecular formula is C18H18N2O4S. The van der Waals surface area contributed by atoms with Gasteiger partial charge in [-0.15, -0.1) is 0 Å². The van der Waals surface area contributed by atoms with E-state index >= 15 is 0 Å². The van der Waals surface area contributed by atoms with Crippen LogP contribution in [0.25, 0.3) is 0 Å². The Hall–Kier alpha value is -2.54. The van der Waals surface area contributed by atoms with Crippen molar-refractivity contribution in [3.63, 3.8) is 0 Å². The van der Waals surface area contributed by atoms with Crippen LogP contribution in [0.2, 0.25) is 0 Å². The fraction of sp³-hybridized carbons (Fsp3) is 0.278. The quantitative estimate of drug-likeness (QED) is 0.821. The molecule has 0 N–H and O–H groups in total. The van der Waals surface area contributed by atoms with Gasteiger partial charge in [0.1, 0.15) is 5.75 Å². The van der Waals surface area contributed by atoms with Crippen molar-refractivity contribution < 1.29 is 17.9 Å². The molecule has 0 saturated carbocycles. The van der Waals surface area contributed by atoms with Crippen molar-refractivity contribution >= 4 is 27.3 Å². The number of hydrogen-bond acceptors (Lipinski definition) is 4. The maximum Gasteiger partial charge on any atom is 0.269 e. The second kappa shape index (κ2) is 5.77. The summed E-state index contributed by atoms with van der Waals surface area (Å²) in [7, 11) is -3.51. The van der Waals surface area contributed by atoms with Gasteiger partial charge in [0.05, 0.1) is 18.5 Å². The van der Waals surface area contributed by atoms with Gasteiger partial charge < -0.3 is 9.64 Å². The van der Waals surface area contributed by atoms with Gasteiger partial charge in [0.2, 0.25) is 10.0 Å². The molecule has 2 aromatic carbocycles. The lowest BCUT2D eigenvalue weighted by Gasteiger charge is -2.35. The number of rotatable bonds is 2. The number of anilines is 2. The normalized spacial score (nSPS) is 19.2. The van der Waals surface area contributed by atoms with E-state index in [1.54, 1.807) is 29.2 Å². The highest BCUT2D eigenvalue weighted by Gasteiger charge is 2.38. The molecule has 25 heavy (non-hydrogen) atoms. The molecule has 0 saturated heterocycles. The van der Waals surface area contributed by atoms with Gasteiger partial charge in [0.25, 0.3) is 5.91 Å². The van der Waals surface area contributed by atoms with Crippen LogP contribution in [-0.2, 0) is 21.2 Å². The highest BCUT2D eigenvalue weighted by atomic mass is 32.2. The highest BCUT2D eigenvalue weighted by molar-refractivity contribution is 7.92. The minimum atomic E-state index is -3.51. The Labute approximate surface area is 146 Å². The summed E-state index contributed by atoms with van der Waals surface area (Å²) in [5, 5.41) is 0. The third-order valence-electron chi connectivity index (χ3n) is 4.56. The number of para-hydroxylation sites is 3. The van der Waals surface area contributed by atoms with Gasteiger partial charge in [-0.05, 0) is 30.2 Å². The van der Waals surface area contributed by atoms with E-state index in [1.165, 1.54) is 4.31 Å². The summed E-state index contributed by atoms with van der Waals surface area (Å²) in [5.74, 6) is 0.193. The van der Waals surface area contributed by atoms with Crippen molar-refractivity contribution in [2.24, 2.45) is 0 Å². The zero-order chi connectivity index (χ0) is 17.6. The molecule has 0 unspecified atom stereocenters. The Bertz CT molecular complexity index is 942. The lowest BCUT2D eigenvalue weighted by molar-refractivity contribution is -0.125. The lowest BCUT2D eigenvalue weighted by atomic mass is 10.1. The van der Waals surface area contributed by atoms with Gasteiger partial charge in [-0.3, -0.25) is 9.10 Å². The van der Waals surface area contributed by atoms with E-state index < -0.39 is 16.1 Å². The van der Waals surface area contributed by atoms with Gasteiger partial charge in [-0.25, -0.2) is 8.42 Å². The first-order valence-electron chi connectivity index (χ1n) is 8.08. The molecule has 2 aliphatic heterocycles. The average Bonchev–Trinajstić information content (AvgIpc) is 3.03. The molecule has 0 radical (unpaired) electrons. The average molecular weight is 358 g/mol. The van der Waals surface area contributed by atoms with E-state index in [0.29, 0.717) is 18.0 Å². The summed E-state index contributed by atoms with van der Waals surface area (Å²) in [6, 6.07) is 14.6. The van der Waals surface area contributed by atoms with Crippen LogP contribution in [0.3, 0.4) is 0 Å². The second-order valence-corrected chi connectivity index (χ2v) is 8.14. The number of ether oxygens (including phenoxy) is 1. The molecule has 4 rings (SSSR count). The molecular weight excluding hydrogens is 340 g/mol. The molecule has 0 spiro atoms. The third-order valence-corrected chi connectivity index (χ3v) is 5.71. The van der Waals surface area contributed by atoms with Gasteiger partial charge in [-0.1, -0.05) is 30.3 Å². The van der Waals surface area contributed by atoms with Crippen molar-refractivity contribution in [1.82, 2.24) is 0 Å². The van der Waals surface area contributed by atoms with Crippen LogP contribution in [-0.4, -0.2) is 39.8 Å². The van der Waals surface area contributed by atoms with E-state index in [-0.39, 0.29) is 12.5 Å². The number of sulfonamides is 1. The molecule has 0 aliphatic carbocycles. The topological polar surface area (TPSA) is 66.9 Å². The number of nitrogens with zero attached hydrogens (tertiary/aromatic N) is 2. The third kappa shape index (κ3) is 2.74. The van der Waals surface area contributed by atoms with E-state index in [4.69, 9.17) is 4.74 Å². The molecule has 2 aromatic rings. The van der Waals surface area contributed by atoms with Crippen LogP contribution in [0.1, 0.15) is 5.56 Å². The number of fused-ring (bicyclic) bond motifs is 2. The number of carbonyl (C=O) groups excluding carboxylic acids is 1. The van der Waals surface area contributed by atoms with Gasteiger partial charge in [-0.2, -0.15) is 0 Å². The second-order valence-electron chi connectivity index (χ2n) is 6.24. The van der Waals surface area contributed by atoms with Crippen LogP contribution in [0.15, 0.2) is 48.5 Å². The summed E-state index contributed by atoms with van der Waals surface area (Å²) < 4.78 is 31.5. The van der Waals surface area contributed by atoms with E-state index in [9.17, 15) is 13.2 Å². The SMILES string of the molecule is CS(=O)(=O)N1C[C@@H](C(=O)N2CCc3ccccc32)Oc2ccccc21. The monoisotopic (exact) mass is 358 g/mol. The van der Waals surface area contributed by atoms with Crippen LogP contribution < -0.4 is 13.9 Å². The van der Waals surface area contributed by atoms with Gasteiger partial charge >= 0.3 is 0 Å². The van der Waals surface area contributed by atoms with Crippen LogP contribution in [0.4, 0.5) is 11.4 Å². The minimum absolute atomic E-state index is 0.0205. The fourth-order valence-corrected chi connectivity index (χ4v) is 4.30. The largest absolute Gasteiger partial charge is 0.476 e. The van der Waals surface area contributed by atoms with Crippen molar-refractivity contribution in [2.75, 3.05) is 28.6 Å². The zero-order valence-corrected chi connectivity index (χ0v) is 14.6. The van der Waals surface area contributed by atoms with Crippen LogP contribution >= 0.6 is 0 Å². The molecule has 0 fully saturated rings.